The van der Waals surface area contributed by atoms with Gasteiger partial charge in [0.15, 0.2) is 0 Å². The Bertz CT molecular complexity index is 386. The summed E-state index contributed by atoms with van der Waals surface area (Å²) in [4.78, 5) is 13.9. The van der Waals surface area contributed by atoms with Crippen molar-refractivity contribution in [3.05, 3.63) is 26.9 Å². The van der Waals surface area contributed by atoms with Gasteiger partial charge in [-0.1, -0.05) is 11.6 Å². The fourth-order valence-corrected chi connectivity index (χ4v) is 1.38. The van der Waals surface area contributed by atoms with Crippen LogP contribution in [0.2, 0.25) is 5.02 Å². The van der Waals surface area contributed by atoms with Crippen LogP contribution in [0.15, 0.2) is 10.7 Å². The third-order valence-electron chi connectivity index (χ3n) is 1.42. The van der Waals surface area contributed by atoms with E-state index in [1.54, 1.807) is 0 Å². The molecule has 1 heterocycles. The number of hydrogen-bond acceptors (Lipinski definition) is 2. The van der Waals surface area contributed by atoms with Crippen LogP contribution < -0.4 is 0 Å². The van der Waals surface area contributed by atoms with E-state index in [9.17, 15) is 13.6 Å². The third-order valence-corrected chi connectivity index (χ3v) is 2.64. The minimum Gasteiger partial charge on any atom is -0.478 e. The fraction of sp³-hybridized carbons (Fsp3) is 0.143. The number of aromatic carboxylic acids is 1. The van der Waals surface area contributed by atoms with Gasteiger partial charge in [0.2, 0.25) is 0 Å². The van der Waals surface area contributed by atoms with Crippen molar-refractivity contribution in [2.45, 2.75) is 6.43 Å². The summed E-state index contributed by atoms with van der Waals surface area (Å²) in [5.41, 5.74) is -1.50. The van der Waals surface area contributed by atoms with Gasteiger partial charge < -0.3 is 5.11 Å². The Morgan fingerprint density at radius 3 is 2.64 bits per heavy atom. The maximum atomic E-state index is 12.3. The molecule has 0 aliphatic carbocycles. The van der Waals surface area contributed by atoms with Gasteiger partial charge in [0.25, 0.3) is 6.43 Å². The molecule has 0 aromatic carbocycles. The van der Waals surface area contributed by atoms with Gasteiger partial charge in [0.1, 0.15) is 11.3 Å². The van der Waals surface area contributed by atoms with Crippen LogP contribution >= 0.6 is 27.5 Å². The molecule has 0 fully saturated rings. The quantitative estimate of drug-likeness (QED) is 0.908. The molecule has 1 aromatic heterocycles. The number of carboxylic acid groups (broad SMARTS) is 1. The lowest BCUT2D eigenvalue weighted by molar-refractivity contribution is 0.0682. The lowest BCUT2D eigenvalue weighted by Gasteiger charge is -2.06. The average Bonchev–Trinajstić information content (AvgIpc) is 2.08. The van der Waals surface area contributed by atoms with Crippen LogP contribution in [-0.4, -0.2) is 16.1 Å². The molecule has 14 heavy (non-hydrogen) atoms. The molecule has 0 aliphatic heterocycles. The summed E-state index contributed by atoms with van der Waals surface area (Å²) in [5.74, 6) is -1.53. The smallest absolute Gasteiger partial charge is 0.339 e. The molecular weight excluding hydrogens is 283 g/mol. The van der Waals surface area contributed by atoms with Gasteiger partial charge in [-0.3, -0.25) is 4.98 Å². The lowest BCUT2D eigenvalue weighted by atomic mass is 10.2. The molecule has 1 N–H and O–H groups in total. The first kappa shape index (κ1) is 11.3. The Labute approximate surface area is 90.8 Å². The lowest BCUT2D eigenvalue weighted by Crippen LogP contribution is -2.06. The van der Waals surface area contributed by atoms with Gasteiger partial charge in [-0.15, -0.1) is 0 Å². The molecule has 0 unspecified atom stereocenters. The summed E-state index contributed by atoms with van der Waals surface area (Å²) in [5, 5.41) is 8.37. The predicted molar refractivity (Wildman–Crippen MR) is 48.9 cm³/mol. The summed E-state index contributed by atoms with van der Waals surface area (Å²) >= 11 is 8.43. The zero-order valence-corrected chi connectivity index (χ0v) is 8.81. The molecule has 76 valence electrons. The minimum atomic E-state index is -2.97. The number of aromatic nitrogens is 1. The van der Waals surface area contributed by atoms with Crippen LogP contribution in [-0.2, 0) is 0 Å². The molecule has 0 bridgehead atoms. The second kappa shape index (κ2) is 4.18. The highest BCUT2D eigenvalue weighted by Crippen LogP contribution is 2.31. The van der Waals surface area contributed by atoms with Gasteiger partial charge in [-0.25, -0.2) is 13.6 Å². The van der Waals surface area contributed by atoms with Crippen LogP contribution in [0, 0.1) is 0 Å². The van der Waals surface area contributed by atoms with E-state index in [0.29, 0.717) is 0 Å². The Hall–Kier alpha value is -0.750. The van der Waals surface area contributed by atoms with E-state index in [2.05, 4.69) is 20.9 Å². The second-order valence-electron chi connectivity index (χ2n) is 2.29. The largest absolute Gasteiger partial charge is 0.478 e. The first-order valence-electron chi connectivity index (χ1n) is 3.30. The normalized spacial score (nSPS) is 10.6. The second-order valence-corrected chi connectivity index (χ2v) is 3.52. The van der Waals surface area contributed by atoms with Crippen molar-refractivity contribution in [1.29, 1.82) is 0 Å². The van der Waals surface area contributed by atoms with E-state index in [-0.39, 0.29) is 9.50 Å². The molecule has 7 heteroatoms. The summed E-state index contributed by atoms with van der Waals surface area (Å²) in [6, 6.07) is 0. The molecule has 0 spiro atoms. The Morgan fingerprint density at radius 2 is 2.21 bits per heavy atom. The predicted octanol–water partition coefficient (Wildman–Crippen LogP) is 3.13. The molecule has 0 amide bonds. The van der Waals surface area contributed by atoms with E-state index >= 15 is 0 Å². The molecule has 0 radical (unpaired) electrons. The molecule has 0 aliphatic rings. The molecular formula is C7H3BrClF2NO2. The molecule has 1 aromatic rings. The van der Waals surface area contributed by atoms with Crippen molar-refractivity contribution in [2.75, 3.05) is 0 Å². The zero-order chi connectivity index (χ0) is 10.9. The highest BCUT2D eigenvalue weighted by Gasteiger charge is 2.24. The number of alkyl halides is 2. The summed E-state index contributed by atoms with van der Waals surface area (Å²) in [6.45, 7) is 0. The standard InChI is InChI=1S/C7H3BrClF2NO2/c8-2-1-12-5(6(10)11)3(4(2)9)7(13)14/h1,6H,(H,13,14). The van der Waals surface area contributed by atoms with Crippen LogP contribution in [0.3, 0.4) is 0 Å². The highest BCUT2D eigenvalue weighted by atomic mass is 79.9. The zero-order valence-electron chi connectivity index (χ0n) is 6.47. The number of nitrogens with zero attached hydrogens (tertiary/aromatic N) is 1. The van der Waals surface area contributed by atoms with Gasteiger partial charge in [0.05, 0.1) is 9.50 Å². The number of hydrogen-bond donors (Lipinski definition) is 1. The van der Waals surface area contributed by atoms with Crippen molar-refractivity contribution in [2.24, 2.45) is 0 Å². The molecule has 1 rings (SSSR count). The van der Waals surface area contributed by atoms with E-state index in [4.69, 9.17) is 16.7 Å². The summed E-state index contributed by atoms with van der Waals surface area (Å²) in [7, 11) is 0. The molecule has 3 nitrogen and oxygen atoms in total. The van der Waals surface area contributed by atoms with Gasteiger partial charge >= 0.3 is 5.97 Å². The highest BCUT2D eigenvalue weighted by molar-refractivity contribution is 9.10. The van der Waals surface area contributed by atoms with E-state index in [0.717, 1.165) is 6.20 Å². The SMILES string of the molecule is O=C(O)c1c(C(F)F)ncc(Br)c1Cl. The maximum Gasteiger partial charge on any atom is 0.339 e. The van der Waals surface area contributed by atoms with Crippen molar-refractivity contribution >= 4 is 33.5 Å². The minimum absolute atomic E-state index is 0.168. The number of halogens is 4. The number of rotatable bonds is 2. The Balaban J connectivity index is 3.45. The average molecular weight is 286 g/mol. The van der Waals surface area contributed by atoms with Crippen LogP contribution in [0.25, 0.3) is 0 Å². The monoisotopic (exact) mass is 285 g/mol. The molecule has 0 saturated carbocycles. The van der Waals surface area contributed by atoms with Crippen LogP contribution in [0.4, 0.5) is 8.78 Å². The van der Waals surface area contributed by atoms with Crippen LogP contribution in [0.1, 0.15) is 22.5 Å². The Morgan fingerprint density at radius 1 is 1.64 bits per heavy atom. The van der Waals surface area contributed by atoms with E-state index in [1.165, 1.54) is 0 Å². The summed E-state index contributed by atoms with van der Waals surface area (Å²) in [6.07, 6.45) is -1.93. The van der Waals surface area contributed by atoms with Gasteiger partial charge in [-0.2, -0.15) is 0 Å². The third kappa shape index (κ3) is 2.01. The topological polar surface area (TPSA) is 50.2 Å². The first-order valence-corrected chi connectivity index (χ1v) is 4.47. The maximum absolute atomic E-state index is 12.3. The van der Waals surface area contributed by atoms with Crippen molar-refractivity contribution in [1.82, 2.24) is 4.98 Å². The van der Waals surface area contributed by atoms with Crippen molar-refractivity contribution in [3.63, 3.8) is 0 Å². The molecule has 0 atom stereocenters. The fourth-order valence-electron chi connectivity index (χ4n) is 0.848. The van der Waals surface area contributed by atoms with Crippen molar-refractivity contribution in [3.8, 4) is 0 Å². The van der Waals surface area contributed by atoms with E-state index < -0.39 is 23.7 Å². The Kier molecular flexibility index (Phi) is 3.38. The van der Waals surface area contributed by atoms with Crippen LogP contribution in [0.5, 0.6) is 0 Å². The van der Waals surface area contributed by atoms with Gasteiger partial charge in [0, 0.05) is 6.20 Å². The number of carbonyl (C=O) groups is 1. The van der Waals surface area contributed by atoms with Crippen molar-refractivity contribution < 1.29 is 18.7 Å². The number of carboxylic acids is 1. The van der Waals surface area contributed by atoms with Gasteiger partial charge in [-0.05, 0) is 15.9 Å². The molecule has 0 saturated heterocycles. The van der Waals surface area contributed by atoms with E-state index in [1.807, 2.05) is 0 Å². The summed E-state index contributed by atoms with van der Waals surface area (Å²) < 4.78 is 24.8. The number of pyridine rings is 1. The first-order chi connectivity index (χ1) is 6.45.